The Morgan fingerprint density at radius 1 is 1.00 bits per heavy atom. The van der Waals surface area contributed by atoms with Crippen molar-refractivity contribution < 1.29 is 0 Å². The molecule has 0 aliphatic carbocycles. The van der Waals surface area contributed by atoms with Crippen molar-refractivity contribution >= 4 is 22.7 Å². The minimum atomic E-state index is 0.453. The van der Waals surface area contributed by atoms with E-state index >= 15 is 0 Å². The predicted molar refractivity (Wildman–Crippen MR) is 102 cm³/mol. The van der Waals surface area contributed by atoms with Gasteiger partial charge in [0.05, 0.1) is 11.2 Å². The number of hydrogen-bond acceptors (Lipinski definition) is 2. The third kappa shape index (κ3) is 2.58. The lowest BCUT2D eigenvalue weighted by molar-refractivity contribution is 0.702. The van der Waals surface area contributed by atoms with Gasteiger partial charge >= 0.3 is 0 Å². The molecule has 0 N–H and O–H groups in total. The van der Waals surface area contributed by atoms with Crippen molar-refractivity contribution in [2.75, 3.05) is 4.90 Å². The molecule has 0 radical (unpaired) electrons. The lowest BCUT2D eigenvalue weighted by atomic mass is 9.98. The van der Waals surface area contributed by atoms with Crippen LogP contribution in [0.5, 0.6) is 0 Å². The van der Waals surface area contributed by atoms with Gasteiger partial charge in [-0.1, -0.05) is 43.7 Å². The van der Waals surface area contributed by atoms with E-state index in [2.05, 4.69) is 86.3 Å². The first-order chi connectivity index (χ1) is 11.6. The molecule has 0 spiro atoms. The Labute approximate surface area is 143 Å². The van der Waals surface area contributed by atoms with Crippen molar-refractivity contribution in [2.45, 2.75) is 27.3 Å². The Hall–Kier alpha value is -2.61. The van der Waals surface area contributed by atoms with Gasteiger partial charge in [-0.05, 0) is 54.8 Å². The molecular formula is C22H22N2. The Morgan fingerprint density at radius 2 is 1.79 bits per heavy atom. The van der Waals surface area contributed by atoms with Gasteiger partial charge in [0.15, 0.2) is 0 Å². The van der Waals surface area contributed by atoms with E-state index in [0.717, 1.165) is 17.8 Å². The average molecular weight is 314 g/mol. The van der Waals surface area contributed by atoms with Crippen molar-refractivity contribution in [3.05, 3.63) is 77.1 Å². The summed E-state index contributed by atoms with van der Waals surface area (Å²) in [5.74, 6) is 0.453. The van der Waals surface area contributed by atoms with Gasteiger partial charge in [-0.3, -0.25) is 0 Å². The highest BCUT2D eigenvalue weighted by molar-refractivity contribution is 5.83. The molecule has 0 atom stereocenters. The van der Waals surface area contributed by atoms with Crippen LogP contribution in [0, 0.1) is 12.8 Å². The van der Waals surface area contributed by atoms with Crippen LogP contribution in [0.25, 0.3) is 17.0 Å². The van der Waals surface area contributed by atoms with E-state index < -0.39 is 0 Å². The molecule has 2 aromatic carbocycles. The van der Waals surface area contributed by atoms with Crippen LogP contribution >= 0.6 is 0 Å². The second kappa shape index (κ2) is 5.79. The number of hydrogen-bond donors (Lipinski definition) is 0. The molecule has 2 nitrogen and oxygen atoms in total. The van der Waals surface area contributed by atoms with Gasteiger partial charge in [0, 0.05) is 23.3 Å². The summed E-state index contributed by atoms with van der Waals surface area (Å²) >= 11 is 0. The molecule has 0 fully saturated rings. The van der Waals surface area contributed by atoms with Crippen LogP contribution in [0.2, 0.25) is 0 Å². The van der Waals surface area contributed by atoms with Crippen LogP contribution in [0.1, 0.15) is 30.7 Å². The van der Waals surface area contributed by atoms with Crippen LogP contribution in [-0.4, -0.2) is 4.98 Å². The summed E-state index contributed by atoms with van der Waals surface area (Å²) in [6, 6.07) is 19.4. The summed E-state index contributed by atoms with van der Waals surface area (Å²) in [5.41, 5.74) is 7.33. The van der Waals surface area contributed by atoms with Gasteiger partial charge in [-0.15, -0.1) is 0 Å². The second-order valence-electron chi connectivity index (χ2n) is 6.87. The fourth-order valence-electron chi connectivity index (χ4n) is 3.41. The maximum atomic E-state index is 4.91. The highest BCUT2D eigenvalue weighted by atomic mass is 15.2. The average Bonchev–Trinajstić information content (AvgIpc) is 2.59. The lowest BCUT2D eigenvalue weighted by Crippen LogP contribution is -2.28. The number of anilines is 1. The summed E-state index contributed by atoms with van der Waals surface area (Å²) in [7, 11) is 0. The number of nitrogens with zero attached hydrogens (tertiary/aromatic N) is 2. The number of pyridine rings is 1. The summed E-state index contributed by atoms with van der Waals surface area (Å²) in [6.07, 6.45) is 2.26. The molecule has 2 heteroatoms. The number of para-hydroxylation sites is 1. The summed E-state index contributed by atoms with van der Waals surface area (Å²) in [5, 5.41) is 1.23. The standard InChI is InChI=1S/C22H22N2/c1-15(2)22-13-21-18(14-24(22)19-7-5-4-6-8-19)12-17-11-16(3)9-10-20(17)23-21/h4-13,15H,14H2,1-3H3. The number of aromatic nitrogens is 1. The van der Waals surface area contributed by atoms with Crippen LogP contribution in [0.4, 0.5) is 5.69 Å². The predicted octanol–water partition coefficient (Wildman–Crippen LogP) is 5.56. The number of aryl methyl sites for hydroxylation is 1. The third-order valence-electron chi connectivity index (χ3n) is 4.67. The summed E-state index contributed by atoms with van der Waals surface area (Å²) < 4.78 is 0. The van der Waals surface area contributed by atoms with E-state index in [1.807, 2.05) is 0 Å². The molecule has 0 saturated carbocycles. The SMILES string of the molecule is Cc1ccc2nc3c(cc2c1)CN(c1ccccc1)C(C(C)C)=C3. The monoisotopic (exact) mass is 314 g/mol. The summed E-state index contributed by atoms with van der Waals surface area (Å²) in [4.78, 5) is 7.33. The van der Waals surface area contributed by atoms with E-state index in [-0.39, 0.29) is 0 Å². The molecule has 120 valence electrons. The van der Waals surface area contributed by atoms with Crippen LogP contribution < -0.4 is 4.90 Å². The maximum absolute atomic E-state index is 4.91. The van der Waals surface area contributed by atoms with Gasteiger partial charge in [0.1, 0.15) is 0 Å². The fourth-order valence-corrected chi connectivity index (χ4v) is 3.41. The molecule has 2 heterocycles. The highest BCUT2D eigenvalue weighted by Gasteiger charge is 2.22. The van der Waals surface area contributed by atoms with Gasteiger partial charge in [0.2, 0.25) is 0 Å². The lowest BCUT2D eigenvalue weighted by Gasteiger charge is -2.34. The first-order valence-electron chi connectivity index (χ1n) is 8.56. The molecule has 4 rings (SSSR count). The first-order valence-corrected chi connectivity index (χ1v) is 8.56. The molecule has 1 aliphatic heterocycles. The van der Waals surface area contributed by atoms with Gasteiger partial charge in [-0.25, -0.2) is 4.98 Å². The number of fused-ring (bicyclic) bond motifs is 2. The Kier molecular flexibility index (Phi) is 3.61. The minimum Gasteiger partial charge on any atom is -0.340 e. The maximum Gasteiger partial charge on any atom is 0.0709 e. The Morgan fingerprint density at radius 3 is 2.54 bits per heavy atom. The van der Waals surface area contributed by atoms with Crippen LogP contribution in [0.15, 0.2) is 60.3 Å². The zero-order valence-electron chi connectivity index (χ0n) is 14.5. The quantitative estimate of drug-likeness (QED) is 0.615. The topological polar surface area (TPSA) is 16.1 Å². The molecule has 0 bridgehead atoms. The zero-order chi connectivity index (χ0) is 16.7. The molecule has 0 unspecified atom stereocenters. The third-order valence-corrected chi connectivity index (χ3v) is 4.67. The molecule has 3 aromatic rings. The second-order valence-corrected chi connectivity index (χ2v) is 6.87. The highest BCUT2D eigenvalue weighted by Crippen LogP contribution is 2.33. The largest absolute Gasteiger partial charge is 0.340 e. The van der Waals surface area contributed by atoms with Crippen LogP contribution in [0.3, 0.4) is 0 Å². The fraction of sp³-hybridized carbons (Fsp3) is 0.227. The molecule has 24 heavy (non-hydrogen) atoms. The van der Waals surface area contributed by atoms with Crippen molar-refractivity contribution in [1.82, 2.24) is 4.98 Å². The molecular weight excluding hydrogens is 292 g/mol. The number of rotatable bonds is 2. The van der Waals surface area contributed by atoms with E-state index in [9.17, 15) is 0 Å². The van der Waals surface area contributed by atoms with Gasteiger partial charge in [0.25, 0.3) is 0 Å². The van der Waals surface area contributed by atoms with Crippen molar-refractivity contribution in [3.8, 4) is 0 Å². The molecule has 0 amide bonds. The normalized spacial score (nSPS) is 14.0. The van der Waals surface area contributed by atoms with E-state index in [0.29, 0.717) is 5.92 Å². The van der Waals surface area contributed by atoms with Gasteiger partial charge in [-0.2, -0.15) is 0 Å². The van der Waals surface area contributed by atoms with Gasteiger partial charge < -0.3 is 4.90 Å². The van der Waals surface area contributed by atoms with Crippen molar-refractivity contribution in [2.24, 2.45) is 5.92 Å². The summed E-state index contributed by atoms with van der Waals surface area (Å²) in [6.45, 7) is 7.50. The first kappa shape index (κ1) is 14.9. The number of allylic oxidation sites excluding steroid dienone is 1. The number of benzene rings is 2. The van der Waals surface area contributed by atoms with Crippen molar-refractivity contribution in [1.29, 1.82) is 0 Å². The zero-order valence-corrected chi connectivity index (χ0v) is 14.5. The van der Waals surface area contributed by atoms with E-state index in [4.69, 9.17) is 4.98 Å². The molecule has 0 saturated heterocycles. The Bertz CT molecular complexity index is 923. The van der Waals surface area contributed by atoms with Crippen molar-refractivity contribution in [3.63, 3.8) is 0 Å². The van der Waals surface area contributed by atoms with E-state index in [1.54, 1.807) is 0 Å². The molecule has 1 aliphatic rings. The van der Waals surface area contributed by atoms with Crippen LogP contribution in [-0.2, 0) is 6.54 Å². The minimum absolute atomic E-state index is 0.453. The Balaban J connectivity index is 1.87. The molecule has 1 aromatic heterocycles. The van der Waals surface area contributed by atoms with E-state index in [1.165, 1.54) is 27.9 Å². The smallest absolute Gasteiger partial charge is 0.0709 e.